The molecule has 0 fully saturated rings. The molecule has 12 nitrogen and oxygen atoms in total. The second-order valence-corrected chi connectivity index (χ2v) is 9.19. The number of carbonyl (C=O) groups is 5. The average molecular weight is 697 g/mol. The van der Waals surface area contributed by atoms with E-state index in [0.717, 1.165) is 25.0 Å². The summed E-state index contributed by atoms with van der Waals surface area (Å²) >= 11 is 0. The standard InChI is InChI=1S/C34H32O12.4CH4/c1-4-7-8-19-40-34(39)28-20-27(45-32(37)23-9-13-25(14-10-23)41-21-43-30(35)5-2)17-18-29(28)46-33(38)24-11-15-26(16-12-24)42-22-44-31(36)6-3;;;;/h5-6,9-18,20H,2-4,7-8,19,21-22H2,1H3;4*1H4. The Hall–Kier alpha value is -5.91. The van der Waals surface area contributed by atoms with Crippen molar-refractivity contribution in [3.8, 4) is 23.0 Å². The first-order valence-electron chi connectivity index (χ1n) is 14.0. The molecule has 3 rings (SSSR count). The Labute approximate surface area is 294 Å². The number of hydrogen-bond donors (Lipinski definition) is 0. The molecular formula is C38H48O12. The first-order chi connectivity index (χ1) is 22.2. The molecule has 3 aromatic rings. The van der Waals surface area contributed by atoms with Gasteiger partial charge in [0.05, 0.1) is 17.7 Å². The highest BCUT2D eigenvalue weighted by Gasteiger charge is 2.21. The SMILES string of the molecule is C.C.C.C.C=CC(=O)OCOc1ccc(C(=O)Oc2ccc(OC(=O)c3ccc(OCOC(=O)C=C)cc3)c(C(=O)OCCCCC)c2)cc1. The molecule has 0 aliphatic carbocycles. The second kappa shape index (κ2) is 24.3. The van der Waals surface area contributed by atoms with Crippen LogP contribution in [0.15, 0.2) is 92.0 Å². The monoisotopic (exact) mass is 696 g/mol. The Kier molecular flexibility index (Phi) is 22.4. The Morgan fingerprint density at radius 3 is 1.50 bits per heavy atom. The highest BCUT2D eigenvalue weighted by molar-refractivity contribution is 5.97. The van der Waals surface area contributed by atoms with Gasteiger partial charge in [-0.25, -0.2) is 24.0 Å². The first kappa shape index (κ1) is 46.2. The highest BCUT2D eigenvalue weighted by Crippen LogP contribution is 2.27. The Balaban J connectivity index is 0. The van der Waals surface area contributed by atoms with Gasteiger partial charge in [0.2, 0.25) is 13.6 Å². The molecule has 0 spiro atoms. The van der Waals surface area contributed by atoms with Gasteiger partial charge in [-0.1, -0.05) is 62.6 Å². The van der Waals surface area contributed by atoms with Crippen LogP contribution in [0, 0.1) is 0 Å². The van der Waals surface area contributed by atoms with E-state index < -0.39 is 29.8 Å². The normalized spacial score (nSPS) is 9.30. The first-order valence-corrected chi connectivity index (χ1v) is 14.0. The number of rotatable bonds is 17. The van der Waals surface area contributed by atoms with Crippen molar-refractivity contribution in [2.75, 3.05) is 20.2 Å². The summed E-state index contributed by atoms with van der Waals surface area (Å²) in [6, 6.07) is 15.6. The van der Waals surface area contributed by atoms with Gasteiger partial charge in [0.25, 0.3) is 0 Å². The topological polar surface area (TPSA) is 150 Å². The van der Waals surface area contributed by atoms with Crippen molar-refractivity contribution < 1.29 is 57.1 Å². The van der Waals surface area contributed by atoms with Crippen LogP contribution in [0.5, 0.6) is 23.0 Å². The fourth-order valence-electron chi connectivity index (χ4n) is 3.54. The van der Waals surface area contributed by atoms with Gasteiger partial charge in [-0.3, -0.25) is 0 Å². The molecule has 0 saturated carbocycles. The fourth-order valence-corrected chi connectivity index (χ4v) is 3.54. The lowest BCUT2D eigenvalue weighted by molar-refractivity contribution is -0.145. The largest absolute Gasteiger partial charge is 0.462 e. The molecule has 0 aliphatic heterocycles. The Bertz CT molecular complexity index is 1540. The summed E-state index contributed by atoms with van der Waals surface area (Å²) in [6.07, 6.45) is 4.42. The maximum atomic E-state index is 13.0. The minimum absolute atomic E-state index is 0. The maximum absolute atomic E-state index is 13.0. The van der Waals surface area contributed by atoms with Gasteiger partial charge in [-0.15, -0.1) is 0 Å². The second-order valence-electron chi connectivity index (χ2n) is 9.19. The van der Waals surface area contributed by atoms with Gasteiger partial charge in [0.1, 0.15) is 28.6 Å². The van der Waals surface area contributed by atoms with E-state index in [1.165, 1.54) is 66.7 Å². The van der Waals surface area contributed by atoms with Crippen molar-refractivity contribution in [1.29, 1.82) is 0 Å². The van der Waals surface area contributed by atoms with Crippen LogP contribution in [0.25, 0.3) is 0 Å². The summed E-state index contributed by atoms with van der Waals surface area (Å²) in [6.45, 7) is 8.05. The van der Waals surface area contributed by atoms with Crippen molar-refractivity contribution in [3.05, 3.63) is 109 Å². The smallest absolute Gasteiger partial charge is 0.343 e. The Morgan fingerprint density at radius 2 is 1.04 bits per heavy atom. The number of benzene rings is 3. The summed E-state index contributed by atoms with van der Waals surface area (Å²) in [4.78, 5) is 60.9. The molecule has 0 N–H and O–H groups in total. The Morgan fingerprint density at radius 1 is 0.580 bits per heavy atom. The number of esters is 5. The van der Waals surface area contributed by atoms with Gasteiger partial charge in [0, 0.05) is 12.2 Å². The van der Waals surface area contributed by atoms with Crippen LogP contribution in [0.4, 0.5) is 0 Å². The van der Waals surface area contributed by atoms with E-state index in [9.17, 15) is 24.0 Å². The summed E-state index contributed by atoms with van der Waals surface area (Å²) in [5, 5.41) is 0. The third-order valence-electron chi connectivity index (χ3n) is 5.93. The van der Waals surface area contributed by atoms with Gasteiger partial charge >= 0.3 is 29.8 Å². The van der Waals surface area contributed by atoms with E-state index in [1.807, 2.05) is 6.92 Å². The minimum Gasteiger partial charge on any atom is -0.462 e. The minimum atomic E-state index is -0.782. The number of ether oxygens (including phenoxy) is 7. The van der Waals surface area contributed by atoms with Crippen LogP contribution in [-0.2, 0) is 23.8 Å². The van der Waals surface area contributed by atoms with E-state index in [-0.39, 0.29) is 78.1 Å². The van der Waals surface area contributed by atoms with E-state index >= 15 is 0 Å². The predicted molar refractivity (Wildman–Crippen MR) is 190 cm³/mol. The third kappa shape index (κ3) is 14.9. The maximum Gasteiger partial charge on any atom is 0.343 e. The highest BCUT2D eigenvalue weighted by atomic mass is 16.7. The molecule has 0 radical (unpaired) electrons. The van der Waals surface area contributed by atoms with E-state index in [2.05, 4.69) is 13.2 Å². The molecule has 0 amide bonds. The van der Waals surface area contributed by atoms with Gasteiger partial charge in [0.15, 0.2) is 0 Å². The molecule has 3 aromatic carbocycles. The van der Waals surface area contributed by atoms with Crippen LogP contribution < -0.4 is 18.9 Å². The van der Waals surface area contributed by atoms with Crippen molar-refractivity contribution in [2.24, 2.45) is 0 Å². The fraction of sp³-hybridized carbons (Fsp3) is 0.289. The van der Waals surface area contributed by atoms with Crippen LogP contribution >= 0.6 is 0 Å². The number of unbranched alkanes of at least 4 members (excludes halogenated alkanes) is 2. The lowest BCUT2D eigenvalue weighted by atomic mass is 10.1. The van der Waals surface area contributed by atoms with Crippen molar-refractivity contribution in [2.45, 2.75) is 55.9 Å². The van der Waals surface area contributed by atoms with Crippen molar-refractivity contribution >= 4 is 29.8 Å². The number of hydrogen-bond acceptors (Lipinski definition) is 12. The van der Waals surface area contributed by atoms with Gasteiger partial charge < -0.3 is 33.2 Å². The molecule has 12 heteroatoms. The average Bonchev–Trinajstić information content (AvgIpc) is 3.07. The quantitative estimate of drug-likeness (QED) is 0.0335. The molecular weight excluding hydrogens is 648 g/mol. The molecule has 0 heterocycles. The molecule has 0 bridgehead atoms. The van der Waals surface area contributed by atoms with Crippen LogP contribution in [0.1, 0.15) is 87.0 Å². The number of carbonyl (C=O) groups excluding carboxylic acids is 5. The molecule has 0 aliphatic rings. The summed E-state index contributed by atoms with van der Waals surface area (Å²) in [5.74, 6) is -3.03. The van der Waals surface area contributed by atoms with E-state index in [4.69, 9.17) is 33.2 Å². The summed E-state index contributed by atoms with van der Waals surface area (Å²) in [5.41, 5.74) is 0.178. The lowest BCUT2D eigenvalue weighted by Crippen LogP contribution is -2.15. The zero-order valence-electron chi connectivity index (χ0n) is 25.1. The third-order valence-corrected chi connectivity index (χ3v) is 5.93. The van der Waals surface area contributed by atoms with Crippen LogP contribution in [-0.4, -0.2) is 50.0 Å². The summed E-state index contributed by atoms with van der Waals surface area (Å²) < 4.78 is 36.4. The van der Waals surface area contributed by atoms with Crippen LogP contribution in [0.2, 0.25) is 0 Å². The predicted octanol–water partition coefficient (Wildman–Crippen LogP) is 8.15. The van der Waals surface area contributed by atoms with Crippen molar-refractivity contribution in [3.63, 3.8) is 0 Å². The van der Waals surface area contributed by atoms with E-state index in [0.29, 0.717) is 17.9 Å². The van der Waals surface area contributed by atoms with Crippen molar-refractivity contribution in [1.82, 2.24) is 0 Å². The van der Waals surface area contributed by atoms with Crippen LogP contribution in [0.3, 0.4) is 0 Å². The zero-order chi connectivity index (χ0) is 33.3. The lowest BCUT2D eigenvalue weighted by Gasteiger charge is -2.13. The van der Waals surface area contributed by atoms with E-state index in [1.54, 1.807) is 0 Å². The van der Waals surface area contributed by atoms with Gasteiger partial charge in [-0.2, -0.15) is 0 Å². The summed E-state index contributed by atoms with van der Waals surface area (Å²) in [7, 11) is 0. The zero-order valence-corrected chi connectivity index (χ0v) is 25.1. The molecule has 0 aromatic heterocycles. The molecule has 0 atom stereocenters. The molecule has 0 unspecified atom stereocenters. The molecule has 50 heavy (non-hydrogen) atoms. The molecule has 272 valence electrons. The van der Waals surface area contributed by atoms with Gasteiger partial charge in [-0.05, 0) is 73.2 Å². The molecule has 0 saturated heterocycles.